The molecule has 1 aromatic carbocycles. The second kappa shape index (κ2) is 6.56. The zero-order valence-corrected chi connectivity index (χ0v) is 10.7. The Hall–Kier alpha value is 0.119. The van der Waals surface area contributed by atoms with Gasteiger partial charge >= 0.3 is 95.1 Å². The molecule has 0 heterocycles. The molecule has 0 saturated heterocycles. The second-order valence-corrected chi connectivity index (χ2v) is 6.69. The van der Waals surface area contributed by atoms with Gasteiger partial charge in [-0.2, -0.15) is 0 Å². The summed E-state index contributed by atoms with van der Waals surface area (Å²) >= 11 is 8.10. The normalized spacial score (nSPS) is 11.7. The first-order chi connectivity index (χ1) is 6.33. The van der Waals surface area contributed by atoms with Gasteiger partial charge in [0.1, 0.15) is 0 Å². The quantitative estimate of drug-likeness (QED) is 0.763. The summed E-state index contributed by atoms with van der Waals surface area (Å²) in [4.78, 5) is 0. The van der Waals surface area contributed by atoms with Crippen molar-refractivity contribution in [2.75, 3.05) is 5.75 Å². The Balaban J connectivity index is 2.50. The summed E-state index contributed by atoms with van der Waals surface area (Å²) in [6, 6.07) is 10.4. The Morgan fingerprint density at radius 1 is 1.46 bits per heavy atom. The van der Waals surface area contributed by atoms with Crippen molar-refractivity contribution in [2.45, 2.75) is 6.92 Å². The van der Waals surface area contributed by atoms with E-state index in [1.54, 1.807) is 11.8 Å². The van der Waals surface area contributed by atoms with Crippen molar-refractivity contribution in [1.82, 2.24) is 0 Å². The van der Waals surface area contributed by atoms with E-state index in [4.69, 9.17) is 11.6 Å². The van der Waals surface area contributed by atoms with Crippen LogP contribution < -0.4 is 4.46 Å². The third kappa shape index (κ3) is 4.78. The minimum atomic E-state index is 0.283. The van der Waals surface area contributed by atoms with Gasteiger partial charge in [-0.25, -0.2) is 0 Å². The van der Waals surface area contributed by atoms with Crippen molar-refractivity contribution < 1.29 is 0 Å². The maximum absolute atomic E-state index is 6.06. The Bertz CT molecular complexity index is 272. The van der Waals surface area contributed by atoms with Crippen LogP contribution in [0.2, 0.25) is 0 Å². The van der Waals surface area contributed by atoms with Crippen LogP contribution in [0.4, 0.5) is 0 Å². The van der Waals surface area contributed by atoms with E-state index in [0.29, 0.717) is 0 Å². The second-order valence-electron chi connectivity index (χ2n) is 2.29. The summed E-state index contributed by atoms with van der Waals surface area (Å²) < 4.78 is 2.30. The Morgan fingerprint density at radius 3 is 2.77 bits per heavy atom. The molecule has 0 spiro atoms. The van der Waals surface area contributed by atoms with Crippen LogP contribution >= 0.6 is 23.4 Å². The summed E-state index contributed by atoms with van der Waals surface area (Å²) in [5, 5.41) is 2.05. The summed E-state index contributed by atoms with van der Waals surface area (Å²) in [5.74, 6) is 1.08. The molecule has 0 saturated carbocycles. The van der Waals surface area contributed by atoms with Crippen LogP contribution in [0.5, 0.6) is 0 Å². The molecule has 1 rings (SSSR count). The van der Waals surface area contributed by atoms with Gasteiger partial charge in [-0.1, -0.05) is 0 Å². The number of halogens is 1. The zero-order chi connectivity index (χ0) is 9.52. The molecular formula is C10H11ClSSe. The van der Waals surface area contributed by atoms with E-state index < -0.39 is 0 Å². The molecule has 0 aliphatic rings. The fourth-order valence-electron chi connectivity index (χ4n) is 0.774. The van der Waals surface area contributed by atoms with Gasteiger partial charge in [-0.05, 0) is 0 Å². The molecule has 0 unspecified atom stereocenters. The van der Waals surface area contributed by atoms with Gasteiger partial charge in [0.05, 0.1) is 0 Å². The number of benzene rings is 1. The van der Waals surface area contributed by atoms with Crippen molar-refractivity contribution >= 4 is 42.8 Å². The van der Waals surface area contributed by atoms with Crippen LogP contribution in [0.3, 0.4) is 0 Å². The predicted octanol–water partition coefficient (Wildman–Crippen LogP) is 2.81. The molecule has 0 nitrogen and oxygen atoms in total. The Kier molecular flexibility index (Phi) is 5.65. The third-order valence-electron chi connectivity index (χ3n) is 1.30. The number of thioether (sulfide) groups is 1. The van der Waals surface area contributed by atoms with E-state index in [-0.39, 0.29) is 15.0 Å². The first-order valence-electron chi connectivity index (χ1n) is 4.03. The molecule has 3 heteroatoms. The van der Waals surface area contributed by atoms with E-state index in [0.717, 1.165) is 9.68 Å². The van der Waals surface area contributed by atoms with Gasteiger partial charge in [0.15, 0.2) is 0 Å². The van der Waals surface area contributed by atoms with Gasteiger partial charge < -0.3 is 0 Å². The molecule has 0 atom stereocenters. The van der Waals surface area contributed by atoms with E-state index in [1.165, 1.54) is 4.46 Å². The minimum absolute atomic E-state index is 0.283. The van der Waals surface area contributed by atoms with Crippen LogP contribution in [0.25, 0.3) is 0 Å². The van der Waals surface area contributed by atoms with Gasteiger partial charge in [0.25, 0.3) is 0 Å². The third-order valence-corrected chi connectivity index (χ3v) is 4.74. The molecule has 0 aliphatic carbocycles. The fourth-order valence-corrected chi connectivity index (χ4v) is 3.59. The average Bonchev–Trinajstić information content (AvgIpc) is 2.16. The van der Waals surface area contributed by atoms with E-state index in [2.05, 4.69) is 24.5 Å². The molecular weight excluding hydrogens is 267 g/mol. The predicted molar refractivity (Wildman–Crippen MR) is 63.9 cm³/mol. The molecule has 0 aromatic heterocycles. The fraction of sp³-hybridized carbons (Fsp3) is 0.200. The van der Waals surface area contributed by atoms with Crippen LogP contribution in [-0.4, -0.2) is 20.7 Å². The summed E-state index contributed by atoms with van der Waals surface area (Å²) in [6.07, 6.45) is 0. The Labute approximate surface area is 94.9 Å². The van der Waals surface area contributed by atoms with Gasteiger partial charge in [0.2, 0.25) is 0 Å². The average molecular weight is 278 g/mol. The van der Waals surface area contributed by atoms with Crippen LogP contribution in [0.1, 0.15) is 6.92 Å². The van der Waals surface area contributed by atoms with Gasteiger partial charge in [-0.15, -0.1) is 0 Å². The van der Waals surface area contributed by atoms with E-state index in [9.17, 15) is 0 Å². The molecule has 0 aliphatic heterocycles. The van der Waals surface area contributed by atoms with Gasteiger partial charge in [-0.3, -0.25) is 0 Å². The van der Waals surface area contributed by atoms with Crippen molar-refractivity contribution in [3.63, 3.8) is 0 Å². The molecule has 1 aromatic rings. The van der Waals surface area contributed by atoms with Crippen molar-refractivity contribution in [3.8, 4) is 0 Å². The number of hydrogen-bond donors (Lipinski definition) is 0. The number of hydrogen-bond acceptors (Lipinski definition) is 1. The Morgan fingerprint density at radius 2 is 2.15 bits per heavy atom. The summed E-state index contributed by atoms with van der Waals surface area (Å²) in [5.41, 5.74) is 0. The molecule has 0 fully saturated rings. The van der Waals surface area contributed by atoms with Crippen molar-refractivity contribution in [2.24, 2.45) is 0 Å². The molecule has 0 radical (unpaired) electrons. The standard InChI is InChI=1S/C10H11ClSSe/c1-2-12-8-10(11)13-9-6-4-3-5-7-9/h3-8H,2H2,1H3/b10-8+. The van der Waals surface area contributed by atoms with Crippen molar-refractivity contribution in [1.29, 1.82) is 0 Å². The summed E-state index contributed by atoms with van der Waals surface area (Å²) in [7, 11) is 0. The van der Waals surface area contributed by atoms with Gasteiger partial charge in [0, 0.05) is 0 Å². The molecule has 70 valence electrons. The molecule has 13 heavy (non-hydrogen) atoms. The molecule has 0 N–H and O–H groups in total. The van der Waals surface area contributed by atoms with E-state index in [1.807, 2.05) is 18.2 Å². The number of rotatable bonds is 4. The maximum atomic E-state index is 6.06. The van der Waals surface area contributed by atoms with E-state index >= 15 is 0 Å². The SMILES string of the molecule is CCS/C=C(\Cl)[Se]c1ccccc1. The first kappa shape index (κ1) is 11.2. The monoisotopic (exact) mass is 278 g/mol. The van der Waals surface area contributed by atoms with Crippen LogP contribution in [0, 0.1) is 0 Å². The first-order valence-corrected chi connectivity index (χ1v) is 7.17. The van der Waals surface area contributed by atoms with Crippen LogP contribution in [0.15, 0.2) is 39.7 Å². The topological polar surface area (TPSA) is 0 Å². The van der Waals surface area contributed by atoms with Crippen molar-refractivity contribution in [3.05, 3.63) is 39.7 Å². The zero-order valence-electron chi connectivity index (χ0n) is 7.37. The molecule has 0 amide bonds. The summed E-state index contributed by atoms with van der Waals surface area (Å²) in [6.45, 7) is 2.13. The molecule has 0 bridgehead atoms. The van der Waals surface area contributed by atoms with Crippen LogP contribution in [-0.2, 0) is 0 Å².